The molecule has 0 aliphatic heterocycles. The monoisotopic (exact) mass is 391 g/mol. The first-order valence-corrected chi connectivity index (χ1v) is 8.87. The molecule has 3 rings (SSSR count). The molecule has 28 heavy (non-hydrogen) atoms. The summed E-state index contributed by atoms with van der Waals surface area (Å²) in [5.74, 6) is -0.976. The number of carbonyl (C=O) groups is 2. The lowest BCUT2D eigenvalue weighted by molar-refractivity contribution is -0.137. The average Bonchev–Trinajstić information content (AvgIpc) is 2.65. The van der Waals surface area contributed by atoms with Crippen LogP contribution in [0.25, 0.3) is 0 Å². The van der Waals surface area contributed by atoms with Gasteiger partial charge in [0, 0.05) is 11.3 Å². The first kappa shape index (κ1) is 19.7. The lowest BCUT2D eigenvalue weighted by Gasteiger charge is -2.26. The van der Waals surface area contributed by atoms with Crippen molar-refractivity contribution >= 4 is 17.5 Å². The maximum Gasteiger partial charge on any atom is 0.416 e. The largest absolute Gasteiger partial charge is 0.416 e. The number of hydrogen-bond donors (Lipinski definition) is 3. The highest BCUT2D eigenvalue weighted by atomic mass is 19.4. The quantitative estimate of drug-likeness (QED) is 0.700. The Hall–Kier alpha value is -3.03. The smallest absolute Gasteiger partial charge is 0.399 e. The molecular formula is C20H20F3N3O2. The highest BCUT2D eigenvalue weighted by molar-refractivity contribution is 5.96. The van der Waals surface area contributed by atoms with Crippen LogP contribution in [-0.2, 0) is 17.4 Å². The number of rotatable bonds is 4. The Balaban J connectivity index is 1.56. The second kappa shape index (κ2) is 7.92. The fraction of sp³-hybridized carbons (Fsp3) is 0.300. The van der Waals surface area contributed by atoms with Gasteiger partial charge in [-0.2, -0.15) is 13.2 Å². The molecule has 0 saturated carbocycles. The van der Waals surface area contributed by atoms with E-state index in [1.807, 2.05) is 12.1 Å². The van der Waals surface area contributed by atoms with Crippen LogP contribution in [0, 0.1) is 0 Å². The summed E-state index contributed by atoms with van der Waals surface area (Å²) in [6.07, 6.45) is -1.86. The number of amides is 2. The Bertz CT molecular complexity index is 879. The number of nitrogens with one attached hydrogen (secondary N) is 2. The Morgan fingerprint density at radius 3 is 2.50 bits per heavy atom. The summed E-state index contributed by atoms with van der Waals surface area (Å²) in [7, 11) is 0. The van der Waals surface area contributed by atoms with Crippen molar-refractivity contribution in [1.29, 1.82) is 0 Å². The zero-order chi connectivity index (χ0) is 20.3. The number of anilines is 1. The molecule has 2 aromatic carbocycles. The zero-order valence-corrected chi connectivity index (χ0v) is 15.0. The van der Waals surface area contributed by atoms with E-state index < -0.39 is 17.6 Å². The number of carbonyl (C=O) groups excluding carboxylic acids is 2. The third-order valence-electron chi connectivity index (χ3n) is 4.70. The number of fused-ring (bicyclic) bond motifs is 1. The fourth-order valence-electron chi connectivity index (χ4n) is 3.30. The van der Waals surface area contributed by atoms with Crippen LogP contribution in [0.2, 0.25) is 0 Å². The van der Waals surface area contributed by atoms with Crippen molar-refractivity contribution in [3.63, 3.8) is 0 Å². The van der Waals surface area contributed by atoms with Crippen molar-refractivity contribution in [3.05, 3.63) is 64.7 Å². The minimum Gasteiger partial charge on any atom is -0.399 e. The molecule has 148 valence electrons. The lowest BCUT2D eigenvalue weighted by Crippen LogP contribution is -2.39. The highest BCUT2D eigenvalue weighted by Gasteiger charge is 2.30. The first-order valence-electron chi connectivity index (χ1n) is 8.87. The van der Waals surface area contributed by atoms with Gasteiger partial charge in [-0.1, -0.05) is 6.07 Å². The lowest BCUT2D eigenvalue weighted by atomic mass is 9.87. The number of benzene rings is 2. The molecule has 1 aliphatic rings. The molecule has 8 heteroatoms. The molecule has 4 N–H and O–H groups in total. The number of hydrogen-bond acceptors (Lipinski definition) is 3. The predicted octanol–water partition coefficient (Wildman–Crippen LogP) is 3.21. The van der Waals surface area contributed by atoms with Crippen molar-refractivity contribution in [1.82, 2.24) is 10.6 Å². The summed E-state index contributed by atoms with van der Waals surface area (Å²) >= 11 is 0. The van der Waals surface area contributed by atoms with E-state index in [0.717, 1.165) is 54.7 Å². The number of nitrogen functional groups attached to an aromatic ring is 1. The van der Waals surface area contributed by atoms with Gasteiger partial charge < -0.3 is 16.4 Å². The van der Waals surface area contributed by atoms with Crippen molar-refractivity contribution in [2.24, 2.45) is 0 Å². The van der Waals surface area contributed by atoms with Crippen LogP contribution in [0.4, 0.5) is 18.9 Å². The van der Waals surface area contributed by atoms with E-state index >= 15 is 0 Å². The SMILES string of the molecule is Nc1ccc2c(c1)CCCC2NC(=O)CNC(=O)c1ccc(C(F)(F)F)cc1. The van der Waals surface area contributed by atoms with E-state index in [1.54, 1.807) is 6.07 Å². The van der Waals surface area contributed by atoms with Crippen LogP contribution in [0.3, 0.4) is 0 Å². The van der Waals surface area contributed by atoms with Gasteiger partial charge in [0.2, 0.25) is 5.91 Å². The van der Waals surface area contributed by atoms with Gasteiger partial charge in [0.1, 0.15) is 0 Å². The molecule has 5 nitrogen and oxygen atoms in total. The summed E-state index contributed by atoms with van der Waals surface area (Å²) in [6.45, 7) is -0.263. The summed E-state index contributed by atoms with van der Waals surface area (Å²) in [5, 5.41) is 5.31. The zero-order valence-electron chi connectivity index (χ0n) is 15.0. The molecule has 0 radical (unpaired) electrons. The van der Waals surface area contributed by atoms with Crippen LogP contribution >= 0.6 is 0 Å². The Kier molecular flexibility index (Phi) is 5.58. The molecular weight excluding hydrogens is 371 g/mol. The molecule has 0 bridgehead atoms. The van der Waals surface area contributed by atoms with E-state index in [-0.39, 0.29) is 24.1 Å². The van der Waals surface area contributed by atoms with E-state index in [0.29, 0.717) is 5.69 Å². The summed E-state index contributed by atoms with van der Waals surface area (Å²) in [6, 6.07) is 9.26. The maximum absolute atomic E-state index is 12.6. The number of alkyl halides is 3. The molecule has 0 saturated heterocycles. The topological polar surface area (TPSA) is 84.2 Å². The van der Waals surface area contributed by atoms with Crippen LogP contribution in [0.1, 0.15) is 45.9 Å². The normalized spacial score (nSPS) is 16.2. The van der Waals surface area contributed by atoms with E-state index in [2.05, 4.69) is 10.6 Å². The van der Waals surface area contributed by atoms with Gasteiger partial charge in [-0.15, -0.1) is 0 Å². The van der Waals surface area contributed by atoms with Gasteiger partial charge >= 0.3 is 6.18 Å². The van der Waals surface area contributed by atoms with Crippen molar-refractivity contribution in [2.45, 2.75) is 31.5 Å². The van der Waals surface area contributed by atoms with Gasteiger partial charge in [0.05, 0.1) is 18.2 Å². The van der Waals surface area contributed by atoms with Gasteiger partial charge in [0.15, 0.2) is 0 Å². The minimum absolute atomic E-state index is 0.0549. The maximum atomic E-state index is 12.6. The van der Waals surface area contributed by atoms with E-state index in [1.165, 1.54) is 0 Å². The number of halogens is 3. The Morgan fingerprint density at radius 2 is 1.82 bits per heavy atom. The van der Waals surface area contributed by atoms with Crippen LogP contribution < -0.4 is 16.4 Å². The van der Waals surface area contributed by atoms with Gasteiger partial charge in [-0.25, -0.2) is 0 Å². The summed E-state index contributed by atoms with van der Waals surface area (Å²) in [4.78, 5) is 24.3. The molecule has 2 aromatic rings. The summed E-state index contributed by atoms with van der Waals surface area (Å²) in [5.41, 5.74) is 7.81. The number of nitrogens with two attached hydrogens (primary N) is 1. The molecule has 1 aliphatic carbocycles. The molecule has 1 unspecified atom stereocenters. The molecule has 0 fully saturated rings. The molecule has 0 heterocycles. The third kappa shape index (κ3) is 4.62. The Labute approximate surface area is 160 Å². The molecule has 2 amide bonds. The van der Waals surface area contributed by atoms with E-state index in [4.69, 9.17) is 5.73 Å². The second-order valence-corrected chi connectivity index (χ2v) is 6.73. The van der Waals surface area contributed by atoms with Gasteiger partial charge in [-0.3, -0.25) is 9.59 Å². The summed E-state index contributed by atoms with van der Waals surface area (Å²) < 4.78 is 37.7. The fourth-order valence-corrected chi connectivity index (χ4v) is 3.30. The van der Waals surface area contributed by atoms with Gasteiger partial charge in [0.25, 0.3) is 5.91 Å². The minimum atomic E-state index is -4.46. The number of aryl methyl sites for hydroxylation is 1. The van der Waals surface area contributed by atoms with Crippen molar-refractivity contribution in [3.8, 4) is 0 Å². The van der Waals surface area contributed by atoms with E-state index in [9.17, 15) is 22.8 Å². The predicted molar refractivity (Wildman–Crippen MR) is 98.5 cm³/mol. The van der Waals surface area contributed by atoms with Crippen LogP contribution in [0.5, 0.6) is 0 Å². The highest BCUT2D eigenvalue weighted by Crippen LogP contribution is 2.31. The molecule has 0 spiro atoms. The van der Waals surface area contributed by atoms with Gasteiger partial charge in [-0.05, 0) is 66.8 Å². The third-order valence-corrected chi connectivity index (χ3v) is 4.70. The molecule has 1 atom stereocenters. The Morgan fingerprint density at radius 1 is 1.11 bits per heavy atom. The average molecular weight is 391 g/mol. The second-order valence-electron chi connectivity index (χ2n) is 6.73. The first-order chi connectivity index (χ1) is 13.2. The molecule has 0 aromatic heterocycles. The van der Waals surface area contributed by atoms with Crippen LogP contribution in [0.15, 0.2) is 42.5 Å². The van der Waals surface area contributed by atoms with Crippen molar-refractivity contribution < 1.29 is 22.8 Å². The van der Waals surface area contributed by atoms with Crippen LogP contribution in [-0.4, -0.2) is 18.4 Å². The standard InChI is InChI=1S/C20H20F3N3O2/c21-20(22,23)14-6-4-12(5-7-14)19(28)25-11-18(27)26-17-3-1-2-13-10-15(24)8-9-16(13)17/h4-10,17H,1-3,11,24H2,(H,25,28)(H,26,27). The van der Waals surface area contributed by atoms with Crippen molar-refractivity contribution in [2.75, 3.05) is 12.3 Å².